The molecule has 6 nitrogen and oxygen atoms in total. The van der Waals surface area contributed by atoms with Crippen molar-refractivity contribution in [2.45, 2.75) is 31.9 Å². The van der Waals surface area contributed by atoms with Crippen LogP contribution in [0, 0.1) is 5.92 Å². The Bertz CT molecular complexity index is 1080. The Morgan fingerprint density at radius 1 is 1.18 bits per heavy atom. The highest BCUT2D eigenvalue weighted by atomic mass is 19.3. The first kappa shape index (κ1) is 22.2. The second-order valence-corrected chi connectivity index (χ2v) is 9.06. The third kappa shape index (κ3) is 4.44. The molecule has 0 spiro atoms. The summed E-state index contributed by atoms with van der Waals surface area (Å²) in [4.78, 5) is 8.62. The van der Waals surface area contributed by atoms with Gasteiger partial charge in [0.2, 0.25) is 0 Å². The van der Waals surface area contributed by atoms with E-state index in [0.29, 0.717) is 24.5 Å². The van der Waals surface area contributed by atoms with Gasteiger partial charge in [0, 0.05) is 37.0 Å². The molecule has 0 unspecified atom stereocenters. The fourth-order valence-electron chi connectivity index (χ4n) is 5.09. The molecule has 2 atom stereocenters. The number of hydrogen-bond acceptors (Lipinski definition) is 5. The van der Waals surface area contributed by atoms with Crippen LogP contribution >= 0.6 is 0 Å². The number of nitrogens with one attached hydrogen (secondary N) is 1. The second-order valence-electron chi connectivity index (χ2n) is 9.06. The zero-order valence-electron chi connectivity index (χ0n) is 18.6. The predicted molar refractivity (Wildman–Crippen MR) is 119 cm³/mol. The fraction of sp³-hybridized carbons (Fsp3) is 0.500. The molecule has 2 aliphatic heterocycles. The molecule has 0 radical (unpaired) electrons. The zero-order valence-corrected chi connectivity index (χ0v) is 18.6. The lowest BCUT2D eigenvalue weighted by Gasteiger charge is -2.41. The van der Waals surface area contributed by atoms with E-state index in [1.807, 2.05) is 36.1 Å². The summed E-state index contributed by atoms with van der Waals surface area (Å²) in [7, 11) is 0. The molecule has 1 aromatic carbocycles. The molecular weight excluding hydrogens is 431 g/mol. The molecule has 5 rings (SSSR count). The van der Waals surface area contributed by atoms with E-state index in [9.17, 15) is 13.2 Å². The smallest absolute Gasteiger partial charge is 0.251 e. The third-order valence-corrected chi connectivity index (χ3v) is 6.78. The normalized spacial score (nSPS) is 22.0. The van der Waals surface area contributed by atoms with E-state index in [0.717, 1.165) is 41.7 Å². The fourth-order valence-corrected chi connectivity index (χ4v) is 5.09. The summed E-state index contributed by atoms with van der Waals surface area (Å²) < 4.78 is 45.3. The average Bonchev–Trinajstić information content (AvgIpc) is 3.26. The molecule has 0 amide bonds. The molecular formula is C24H28F3N5O. The number of aromatic nitrogens is 3. The van der Waals surface area contributed by atoms with Gasteiger partial charge in [0.25, 0.3) is 6.43 Å². The molecule has 3 aromatic rings. The maximum Gasteiger partial charge on any atom is 0.251 e. The minimum Gasteiger partial charge on any atom is -0.491 e. The van der Waals surface area contributed by atoms with Gasteiger partial charge in [-0.3, -0.25) is 24.3 Å². The Hall–Kier alpha value is -2.65. The first-order valence-electron chi connectivity index (χ1n) is 11.4. The third-order valence-electron chi connectivity index (χ3n) is 6.78. The lowest BCUT2D eigenvalue weighted by molar-refractivity contribution is 0.0455. The topological polar surface area (TPSA) is 57.3 Å². The largest absolute Gasteiger partial charge is 0.491 e. The van der Waals surface area contributed by atoms with Gasteiger partial charge in [-0.2, -0.15) is 5.10 Å². The maximum absolute atomic E-state index is 13.5. The van der Waals surface area contributed by atoms with Gasteiger partial charge in [-0.1, -0.05) is 6.07 Å². The Kier molecular flexibility index (Phi) is 6.25. The highest BCUT2D eigenvalue weighted by Crippen LogP contribution is 2.40. The minimum absolute atomic E-state index is 0.0700. The first-order valence-corrected chi connectivity index (χ1v) is 11.4. The Morgan fingerprint density at radius 2 is 2.03 bits per heavy atom. The average molecular weight is 460 g/mol. The molecule has 33 heavy (non-hydrogen) atoms. The van der Waals surface area contributed by atoms with Crippen LogP contribution in [0.2, 0.25) is 0 Å². The van der Waals surface area contributed by atoms with Crippen LogP contribution in [0.4, 0.5) is 13.2 Å². The van der Waals surface area contributed by atoms with Crippen molar-refractivity contribution in [1.82, 2.24) is 25.0 Å². The van der Waals surface area contributed by atoms with Gasteiger partial charge in [-0.25, -0.2) is 8.78 Å². The van der Waals surface area contributed by atoms with E-state index in [4.69, 9.17) is 4.74 Å². The van der Waals surface area contributed by atoms with Crippen molar-refractivity contribution in [3.63, 3.8) is 0 Å². The highest BCUT2D eigenvalue weighted by molar-refractivity contribution is 5.83. The number of H-pyrrole nitrogens is 1. The van der Waals surface area contributed by atoms with Crippen LogP contribution in [-0.2, 0) is 6.42 Å². The number of benzene rings is 1. The van der Waals surface area contributed by atoms with Gasteiger partial charge in [0.15, 0.2) is 0 Å². The van der Waals surface area contributed by atoms with Crippen molar-refractivity contribution < 1.29 is 17.9 Å². The standard InChI is InChI=1S/C24H28F3N5O/c1-15-8-19-18(3-5-21-20(19)11-29-30-21)24(32(15)14-23(26)27)22-4-2-17(10-28-22)33-7-6-31-12-16(9-25)13-31/h2-5,10-11,15-16,23-24H,6-9,12-14H2,1H3,(H,29,30)/t15-,24+/m1/s1. The van der Waals surface area contributed by atoms with Crippen LogP contribution in [0.5, 0.6) is 5.75 Å². The number of fused-ring (bicyclic) bond motifs is 3. The molecule has 2 aromatic heterocycles. The molecule has 1 saturated heterocycles. The number of aromatic amines is 1. The number of alkyl halides is 3. The summed E-state index contributed by atoms with van der Waals surface area (Å²) >= 11 is 0. The zero-order chi connectivity index (χ0) is 22.9. The number of ether oxygens (including phenoxy) is 1. The highest BCUT2D eigenvalue weighted by Gasteiger charge is 2.36. The summed E-state index contributed by atoms with van der Waals surface area (Å²) in [5, 5.41) is 8.18. The summed E-state index contributed by atoms with van der Waals surface area (Å²) in [6, 6.07) is 7.21. The van der Waals surface area contributed by atoms with Gasteiger partial charge in [0.1, 0.15) is 12.4 Å². The lowest BCUT2D eigenvalue weighted by Crippen LogP contribution is -2.49. The Morgan fingerprint density at radius 3 is 2.76 bits per heavy atom. The summed E-state index contributed by atoms with van der Waals surface area (Å²) in [6.07, 6.45) is 1.71. The van der Waals surface area contributed by atoms with Gasteiger partial charge >= 0.3 is 0 Å². The SMILES string of the molecule is C[C@@H]1Cc2c(ccc3[nH]ncc23)[C@@H](c2ccc(OCCN3CC(CF)C3)cn2)N1CC(F)F. The van der Waals surface area contributed by atoms with Crippen molar-refractivity contribution >= 4 is 10.9 Å². The van der Waals surface area contributed by atoms with Crippen molar-refractivity contribution in [2.24, 2.45) is 5.92 Å². The summed E-state index contributed by atoms with van der Waals surface area (Å²) in [5.74, 6) is 0.794. The van der Waals surface area contributed by atoms with Crippen molar-refractivity contribution in [3.05, 3.63) is 53.5 Å². The van der Waals surface area contributed by atoms with E-state index in [1.54, 1.807) is 12.4 Å². The van der Waals surface area contributed by atoms with Crippen LogP contribution < -0.4 is 4.74 Å². The van der Waals surface area contributed by atoms with Crippen molar-refractivity contribution in [1.29, 1.82) is 0 Å². The van der Waals surface area contributed by atoms with Crippen LogP contribution in [0.25, 0.3) is 10.9 Å². The van der Waals surface area contributed by atoms with Crippen LogP contribution in [-0.4, -0.2) is 76.9 Å². The minimum atomic E-state index is -2.43. The number of likely N-dealkylation sites (tertiary alicyclic amines) is 1. The van der Waals surface area contributed by atoms with Crippen LogP contribution in [0.3, 0.4) is 0 Å². The van der Waals surface area contributed by atoms with Gasteiger partial charge in [0.05, 0.1) is 42.9 Å². The number of halogens is 3. The van der Waals surface area contributed by atoms with Gasteiger partial charge in [-0.05, 0) is 42.7 Å². The van der Waals surface area contributed by atoms with E-state index >= 15 is 0 Å². The van der Waals surface area contributed by atoms with E-state index < -0.39 is 6.43 Å². The number of rotatable bonds is 8. The monoisotopic (exact) mass is 459 g/mol. The van der Waals surface area contributed by atoms with E-state index in [-0.39, 0.29) is 31.2 Å². The molecule has 0 saturated carbocycles. The molecule has 0 bridgehead atoms. The van der Waals surface area contributed by atoms with Crippen molar-refractivity contribution in [3.8, 4) is 5.75 Å². The summed E-state index contributed by atoms with van der Waals surface area (Å²) in [5.41, 5.74) is 3.78. The number of nitrogens with zero attached hydrogens (tertiary/aromatic N) is 4. The van der Waals surface area contributed by atoms with Crippen LogP contribution in [0.15, 0.2) is 36.7 Å². The number of pyridine rings is 1. The van der Waals surface area contributed by atoms with Gasteiger partial charge in [-0.15, -0.1) is 0 Å². The molecule has 9 heteroatoms. The maximum atomic E-state index is 13.5. The first-order chi connectivity index (χ1) is 16.0. The number of hydrogen-bond donors (Lipinski definition) is 1. The Balaban J connectivity index is 1.36. The molecule has 0 aliphatic carbocycles. The van der Waals surface area contributed by atoms with Gasteiger partial charge < -0.3 is 4.74 Å². The van der Waals surface area contributed by atoms with Crippen molar-refractivity contribution in [2.75, 3.05) is 39.5 Å². The molecule has 1 fully saturated rings. The molecule has 2 aliphatic rings. The second kappa shape index (κ2) is 9.30. The molecule has 4 heterocycles. The van der Waals surface area contributed by atoms with Crippen LogP contribution in [0.1, 0.15) is 29.8 Å². The van der Waals surface area contributed by atoms with E-state index in [1.165, 1.54) is 0 Å². The predicted octanol–water partition coefficient (Wildman–Crippen LogP) is 3.84. The Labute approximate surface area is 190 Å². The summed E-state index contributed by atoms with van der Waals surface area (Å²) in [6.45, 7) is 4.21. The molecule has 176 valence electrons. The quantitative estimate of drug-likeness (QED) is 0.555. The van der Waals surface area contributed by atoms with E-state index in [2.05, 4.69) is 20.1 Å². The molecule has 1 N–H and O–H groups in total. The lowest BCUT2D eigenvalue weighted by atomic mass is 9.85.